The van der Waals surface area contributed by atoms with Crippen molar-refractivity contribution in [3.05, 3.63) is 29.3 Å². The van der Waals surface area contributed by atoms with Gasteiger partial charge in [0, 0.05) is 5.75 Å². The summed E-state index contributed by atoms with van der Waals surface area (Å²) < 4.78 is 47.5. The highest BCUT2D eigenvalue weighted by atomic mass is 32.9. The molecule has 0 aromatic carbocycles. The van der Waals surface area contributed by atoms with E-state index in [0.29, 0.717) is 5.52 Å². The Hall–Kier alpha value is -2.20. The smallest absolute Gasteiger partial charge is 0.395 e. The predicted octanol–water partition coefficient (Wildman–Crippen LogP) is 0.171. The number of fused-ring (bicyclic) bond motifs is 2. The summed E-state index contributed by atoms with van der Waals surface area (Å²) in [7, 11) is -0.576. The lowest BCUT2D eigenvalue weighted by molar-refractivity contribution is -0.151. The lowest BCUT2D eigenvalue weighted by Crippen LogP contribution is -2.50. The Bertz CT molecular complexity index is 1790. The number of alkyl halides is 1. The zero-order valence-corrected chi connectivity index (χ0v) is 27.9. The van der Waals surface area contributed by atoms with E-state index >= 15 is 4.39 Å². The van der Waals surface area contributed by atoms with E-state index < -0.39 is 62.3 Å². The molecule has 0 amide bonds. The largest absolute Gasteiger partial charge is 0.411 e. The molecule has 18 nitrogen and oxygen atoms in total. The molecule has 6 rings (SSSR count). The third kappa shape index (κ3) is 6.58. The summed E-state index contributed by atoms with van der Waals surface area (Å²) >= 11 is 10.5. The summed E-state index contributed by atoms with van der Waals surface area (Å²) in [4.78, 5) is 35.1. The summed E-state index contributed by atoms with van der Waals surface area (Å²) in [5.41, 5.74) is 10.7. The molecule has 2 aliphatic heterocycles. The molecule has 0 radical (unpaired) electrons. The van der Waals surface area contributed by atoms with Crippen LogP contribution in [-0.2, 0) is 41.4 Å². The Morgan fingerprint density at radius 3 is 2.83 bits per heavy atom. The second kappa shape index (κ2) is 14.1. The summed E-state index contributed by atoms with van der Waals surface area (Å²) in [5, 5.41) is 20.3. The number of imidazole rings is 2. The molecule has 9 atom stereocenters. The van der Waals surface area contributed by atoms with E-state index in [1.807, 2.05) is 0 Å². The standard InChI is InChI=1S/C22H27FN10O8P2S3/c23-11-14(41-43(44)45)9(40-20(11)33-7-29-12-16(24)26-5-27-17(12)33)2-38-42-39-8-37-22(4-46-10(1-34)15(22)35)3-32-6-28-13-18(32)30-21(25)31-19(13)36/h5-7,9-11,14-15,20,34-35,42H,1-4,8H2,(H5-,24,25,26,27,30,31,36,44,45)/p+1/t9-,10-,11+,14-,15-,20-,22-/m1/s1. The van der Waals surface area contributed by atoms with Crippen molar-refractivity contribution in [1.29, 1.82) is 0 Å². The van der Waals surface area contributed by atoms with Crippen molar-refractivity contribution in [2.75, 3.05) is 37.2 Å². The fourth-order valence-corrected chi connectivity index (χ4v) is 8.15. The van der Waals surface area contributed by atoms with Crippen molar-refractivity contribution in [3.63, 3.8) is 0 Å². The first-order valence-electron chi connectivity index (χ1n) is 13.4. The van der Waals surface area contributed by atoms with Gasteiger partial charge in [-0.05, 0) is 0 Å². The van der Waals surface area contributed by atoms with Crippen LogP contribution in [0.15, 0.2) is 23.8 Å². The maximum absolute atomic E-state index is 15.7. The molecule has 2 fully saturated rings. The lowest BCUT2D eigenvalue weighted by atomic mass is 9.96. The third-order valence-corrected chi connectivity index (χ3v) is 10.4. The monoisotopic (exact) mass is 737 g/mol. The maximum atomic E-state index is 15.7. The first-order valence-corrected chi connectivity index (χ1v) is 18.7. The van der Waals surface area contributed by atoms with Crippen molar-refractivity contribution in [2.24, 2.45) is 0 Å². The summed E-state index contributed by atoms with van der Waals surface area (Å²) in [6.07, 6.45) is -3.60. The molecule has 46 heavy (non-hydrogen) atoms. The molecule has 0 saturated carbocycles. The summed E-state index contributed by atoms with van der Waals surface area (Å²) in [6.45, 7) is -0.700. The van der Waals surface area contributed by atoms with Gasteiger partial charge in [0.2, 0.25) is 17.8 Å². The molecule has 248 valence electrons. The summed E-state index contributed by atoms with van der Waals surface area (Å²) in [6, 6.07) is 0. The van der Waals surface area contributed by atoms with E-state index in [1.54, 1.807) is 4.57 Å². The number of aliphatic hydroxyl groups excluding tert-OH is 2. The molecule has 7 N–H and O–H groups in total. The first kappa shape index (κ1) is 33.7. The second-order valence-corrected chi connectivity index (χ2v) is 15.8. The van der Waals surface area contributed by atoms with Gasteiger partial charge in [-0.25, -0.2) is 24.3 Å². The number of aromatic amines is 1. The first-order chi connectivity index (χ1) is 22.1. The molecule has 6 heterocycles. The molecule has 0 aliphatic carbocycles. The van der Waals surface area contributed by atoms with Crippen LogP contribution in [0.1, 0.15) is 6.23 Å². The minimum Gasteiger partial charge on any atom is -0.395 e. The minimum atomic E-state index is -1.67. The van der Waals surface area contributed by atoms with E-state index in [-0.39, 0.29) is 60.9 Å². The van der Waals surface area contributed by atoms with Gasteiger partial charge in [-0.2, -0.15) is 16.7 Å². The second-order valence-electron chi connectivity index (χ2n) is 10.2. The Balaban J connectivity index is 1.08. The number of nitrogens with one attached hydrogen (secondary N) is 1. The number of nitrogens with two attached hydrogens (primary N) is 2. The molecular formula is C22H28FN10O8P2S3+. The third-order valence-electron chi connectivity index (χ3n) is 7.45. The number of H-pyrrole nitrogens is 1. The van der Waals surface area contributed by atoms with Crippen LogP contribution in [-0.4, -0.2) is 110 Å². The van der Waals surface area contributed by atoms with Gasteiger partial charge >= 0.3 is 6.13 Å². The molecule has 0 spiro atoms. The Morgan fingerprint density at radius 2 is 2.07 bits per heavy atom. The summed E-state index contributed by atoms with van der Waals surface area (Å²) in [5.74, 6) is 0.333. The molecule has 2 saturated heterocycles. The topological polar surface area (TPSA) is 246 Å². The van der Waals surface area contributed by atoms with Crippen molar-refractivity contribution >= 4 is 85.1 Å². The molecule has 2 aliphatic rings. The van der Waals surface area contributed by atoms with E-state index in [4.69, 9.17) is 46.3 Å². The van der Waals surface area contributed by atoms with Gasteiger partial charge in [-0.15, -0.1) is 4.52 Å². The highest BCUT2D eigenvalue weighted by Crippen LogP contribution is 2.43. The van der Waals surface area contributed by atoms with Gasteiger partial charge in [0.05, 0.1) is 43.8 Å². The molecule has 0 bridgehead atoms. The Kier molecular flexibility index (Phi) is 10.3. The van der Waals surface area contributed by atoms with Gasteiger partial charge < -0.3 is 44.8 Å². The number of nitrogens with zero attached hydrogens (tertiary/aromatic N) is 7. The highest BCUT2D eigenvalue weighted by Gasteiger charge is 2.52. The zero-order valence-electron chi connectivity index (χ0n) is 23.4. The van der Waals surface area contributed by atoms with Crippen LogP contribution in [0.25, 0.3) is 22.3 Å². The quantitative estimate of drug-likeness (QED) is 0.0463. The number of aliphatic hydroxyl groups is 2. The van der Waals surface area contributed by atoms with E-state index in [2.05, 4.69) is 42.2 Å². The Labute approximate surface area is 275 Å². The van der Waals surface area contributed by atoms with Crippen molar-refractivity contribution in [1.82, 2.24) is 39.0 Å². The van der Waals surface area contributed by atoms with E-state index in [9.17, 15) is 15.0 Å². The van der Waals surface area contributed by atoms with Gasteiger partial charge in [-0.1, -0.05) is 0 Å². The fraction of sp³-hybridized carbons (Fsp3) is 0.545. The van der Waals surface area contributed by atoms with E-state index in [0.717, 1.165) is 0 Å². The van der Waals surface area contributed by atoms with Gasteiger partial charge in [-0.3, -0.25) is 14.3 Å². The molecular weight excluding hydrogens is 709 g/mol. The number of aromatic nitrogens is 8. The lowest BCUT2D eigenvalue weighted by Gasteiger charge is -2.33. The average Bonchev–Trinajstić information content (AvgIpc) is 3.77. The van der Waals surface area contributed by atoms with Crippen LogP contribution >= 0.6 is 39.2 Å². The molecule has 4 aromatic heterocycles. The van der Waals surface area contributed by atoms with Crippen molar-refractivity contribution in [2.45, 2.75) is 48.1 Å². The number of anilines is 2. The highest BCUT2D eigenvalue weighted by molar-refractivity contribution is 8.54. The Morgan fingerprint density at radius 1 is 1.26 bits per heavy atom. The predicted molar refractivity (Wildman–Crippen MR) is 173 cm³/mol. The fourth-order valence-electron chi connectivity index (χ4n) is 5.27. The van der Waals surface area contributed by atoms with Crippen molar-refractivity contribution in [3.8, 4) is 0 Å². The van der Waals surface area contributed by atoms with Crippen LogP contribution in [0.3, 0.4) is 0 Å². The van der Waals surface area contributed by atoms with Gasteiger partial charge in [0.15, 0.2) is 57.0 Å². The van der Waals surface area contributed by atoms with E-state index in [1.165, 1.54) is 35.3 Å². The number of ether oxygens (including phenoxy) is 2. The number of nitrogen functional groups attached to an aromatic ring is 2. The van der Waals surface area contributed by atoms with Crippen LogP contribution in [0.4, 0.5) is 16.2 Å². The van der Waals surface area contributed by atoms with Crippen LogP contribution in [0, 0.1) is 0 Å². The van der Waals surface area contributed by atoms with Gasteiger partial charge in [0.1, 0.15) is 35.8 Å². The zero-order chi connectivity index (χ0) is 32.6. The number of rotatable bonds is 13. The maximum Gasteiger partial charge on any atom is 0.411 e. The number of hydrogen-bond acceptors (Lipinski definition) is 17. The number of thiol groups is 1. The molecule has 4 aromatic rings. The number of hydrogen-bond donors (Lipinski definition) is 6. The van der Waals surface area contributed by atoms with Crippen LogP contribution in [0.5, 0.6) is 0 Å². The van der Waals surface area contributed by atoms with Crippen molar-refractivity contribution < 1.29 is 37.6 Å². The normalized spacial score (nSPS) is 28.7. The molecule has 24 heteroatoms. The van der Waals surface area contributed by atoms with Crippen LogP contribution < -0.4 is 17.0 Å². The minimum absolute atomic E-state index is 0.0267. The number of halogens is 1. The molecule has 2 unspecified atom stereocenters. The number of thioether (sulfide) groups is 1. The SMILES string of the molecule is Nc1nc2c(ncn2C[C@@]2(OCOPOC[C@H]3O[C@@H](n4cnc5c(N)ncnc54)[C@@H](F)[C@@H]3O[P+](=S)S)CS[C@H](CO)[C@H]2O)c(=O)[nH]1. The average molecular weight is 738 g/mol. The van der Waals surface area contributed by atoms with Gasteiger partial charge in [0.25, 0.3) is 5.56 Å². The van der Waals surface area contributed by atoms with Crippen LogP contribution in [0.2, 0.25) is 0 Å².